The summed E-state index contributed by atoms with van der Waals surface area (Å²) in [6, 6.07) is 4.74. The Kier molecular flexibility index (Phi) is 3.14. The van der Waals surface area contributed by atoms with Crippen LogP contribution in [-0.4, -0.2) is 16.1 Å². The van der Waals surface area contributed by atoms with Crippen LogP contribution in [0.3, 0.4) is 0 Å². The summed E-state index contributed by atoms with van der Waals surface area (Å²) in [5.41, 5.74) is 2.50. The van der Waals surface area contributed by atoms with Gasteiger partial charge in [0, 0.05) is 0 Å². The summed E-state index contributed by atoms with van der Waals surface area (Å²) in [6.07, 6.45) is 0. The molecule has 4 nitrogen and oxygen atoms in total. The van der Waals surface area contributed by atoms with Crippen molar-refractivity contribution in [2.24, 2.45) is 0 Å². The Hall–Kier alpha value is -2.17. The third-order valence-electron chi connectivity index (χ3n) is 2.80. The van der Waals surface area contributed by atoms with Gasteiger partial charge in [0.25, 0.3) is 5.91 Å². The van der Waals surface area contributed by atoms with E-state index in [9.17, 15) is 9.18 Å². The first-order valence-corrected chi connectivity index (χ1v) is 5.58. The Morgan fingerprint density at radius 2 is 2.06 bits per heavy atom. The highest BCUT2D eigenvalue weighted by molar-refractivity contribution is 6.05. The van der Waals surface area contributed by atoms with Gasteiger partial charge < -0.3 is 5.32 Å². The van der Waals surface area contributed by atoms with E-state index in [0.717, 1.165) is 5.69 Å². The molecule has 0 saturated heterocycles. The minimum absolute atomic E-state index is 0.0370. The second-order valence-electron chi connectivity index (χ2n) is 4.20. The quantitative estimate of drug-likeness (QED) is 0.857. The predicted octanol–water partition coefficient (Wildman–Crippen LogP) is 2.73. The first-order valence-electron chi connectivity index (χ1n) is 5.58. The molecule has 1 heterocycles. The van der Waals surface area contributed by atoms with Crippen LogP contribution in [-0.2, 0) is 0 Å². The number of halogens is 1. The van der Waals surface area contributed by atoms with Crippen LogP contribution in [0.1, 0.15) is 27.3 Å². The average Bonchev–Trinajstić information content (AvgIpc) is 2.64. The first kappa shape index (κ1) is 12.3. The zero-order valence-corrected chi connectivity index (χ0v) is 10.5. The lowest BCUT2D eigenvalue weighted by Gasteiger charge is -2.07. The van der Waals surface area contributed by atoms with Gasteiger partial charge in [-0.05, 0) is 32.4 Å². The normalized spacial score (nSPS) is 10.4. The van der Waals surface area contributed by atoms with Crippen LogP contribution in [0.4, 0.5) is 10.1 Å². The fourth-order valence-electron chi connectivity index (χ4n) is 1.74. The molecule has 0 aliphatic rings. The molecule has 0 saturated carbocycles. The number of rotatable bonds is 2. The Balaban J connectivity index is 2.31. The van der Waals surface area contributed by atoms with Crippen LogP contribution in [0.15, 0.2) is 18.2 Å². The van der Waals surface area contributed by atoms with Crippen LogP contribution in [0.5, 0.6) is 0 Å². The summed E-state index contributed by atoms with van der Waals surface area (Å²) < 4.78 is 13.8. The molecular formula is C13H14FN3O. The lowest BCUT2D eigenvalue weighted by atomic mass is 10.1. The molecule has 18 heavy (non-hydrogen) atoms. The number of hydrogen-bond acceptors (Lipinski definition) is 2. The van der Waals surface area contributed by atoms with Crippen molar-refractivity contribution in [3.63, 3.8) is 0 Å². The Morgan fingerprint density at radius 1 is 1.33 bits per heavy atom. The van der Waals surface area contributed by atoms with E-state index in [0.29, 0.717) is 16.9 Å². The summed E-state index contributed by atoms with van der Waals surface area (Å²) in [5, 5.41) is 9.40. The number of aromatic amines is 1. The van der Waals surface area contributed by atoms with Gasteiger partial charge >= 0.3 is 0 Å². The van der Waals surface area contributed by atoms with E-state index in [1.165, 1.54) is 6.07 Å². The van der Waals surface area contributed by atoms with Crippen LogP contribution >= 0.6 is 0 Å². The number of carbonyl (C=O) groups is 1. The minimum Gasteiger partial charge on any atom is -0.319 e. The second kappa shape index (κ2) is 4.60. The average molecular weight is 247 g/mol. The molecule has 0 spiro atoms. The standard InChI is InChI=1S/C13H14FN3O/c1-7-5-4-6-10(11(7)14)13(18)15-12-8(2)16-17-9(12)3/h4-6H,1-3H3,(H,15,18)(H,16,17). The van der Waals surface area contributed by atoms with Crippen molar-refractivity contribution >= 4 is 11.6 Å². The van der Waals surface area contributed by atoms with Gasteiger partial charge in [0.05, 0.1) is 22.6 Å². The van der Waals surface area contributed by atoms with Gasteiger partial charge in [-0.1, -0.05) is 12.1 Å². The van der Waals surface area contributed by atoms with Crippen molar-refractivity contribution in [3.05, 3.63) is 46.5 Å². The van der Waals surface area contributed by atoms with Crippen molar-refractivity contribution in [1.82, 2.24) is 10.2 Å². The van der Waals surface area contributed by atoms with Crippen LogP contribution in [0, 0.1) is 26.6 Å². The molecule has 2 aromatic rings. The smallest absolute Gasteiger partial charge is 0.258 e. The highest BCUT2D eigenvalue weighted by Gasteiger charge is 2.16. The maximum absolute atomic E-state index is 13.8. The molecule has 1 amide bonds. The number of carbonyl (C=O) groups excluding carboxylic acids is 1. The van der Waals surface area contributed by atoms with E-state index < -0.39 is 11.7 Å². The van der Waals surface area contributed by atoms with Gasteiger partial charge in [-0.25, -0.2) is 4.39 Å². The number of aryl methyl sites for hydroxylation is 3. The number of benzene rings is 1. The van der Waals surface area contributed by atoms with Gasteiger partial charge in [0.2, 0.25) is 0 Å². The van der Waals surface area contributed by atoms with Crippen molar-refractivity contribution in [2.45, 2.75) is 20.8 Å². The van der Waals surface area contributed by atoms with E-state index in [1.807, 2.05) is 0 Å². The van der Waals surface area contributed by atoms with Crippen LogP contribution in [0.2, 0.25) is 0 Å². The maximum atomic E-state index is 13.8. The first-order chi connectivity index (χ1) is 8.50. The summed E-state index contributed by atoms with van der Waals surface area (Å²) in [4.78, 5) is 12.0. The van der Waals surface area contributed by atoms with E-state index >= 15 is 0 Å². The predicted molar refractivity (Wildman–Crippen MR) is 67.2 cm³/mol. The summed E-state index contributed by atoms with van der Waals surface area (Å²) in [7, 11) is 0. The highest BCUT2D eigenvalue weighted by atomic mass is 19.1. The van der Waals surface area contributed by atoms with Gasteiger partial charge in [0.1, 0.15) is 5.82 Å². The second-order valence-corrected chi connectivity index (χ2v) is 4.20. The lowest BCUT2D eigenvalue weighted by Crippen LogP contribution is -2.15. The highest BCUT2D eigenvalue weighted by Crippen LogP contribution is 2.19. The van der Waals surface area contributed by atoms with Gasteiger partial charge in [-0.2, -0.15) is 5.10 Å². The van der Waals surface area contributed by atoms with E-state index in [4.69, 9.17) is 0 Å². The summed E-state index contributed by atoms with van der Waals surface area (Å²) in [5.74, 6) is -0.961. The van der Waals surface area contributed by atoms with Crippen molar-refractivity contribution in [2.75, 3.05) is 5.32 Å². The third kappa shape index (κ3) is 2.11. The zero-order chi connectivity index (χ0) is 13.3. The SMILES string of the molecule is Cc1cccc(C(=O)Nc2c(C)n[nH]c2C)c1F. The fourth-order valence-corrected chi connectivity index (χ4v) is 1.74. The Labute approximate surface area is 104 Å². The number of aromatic nitrogens is 2. The molecule has 0 atom stereocenters. The molecule has 94 valence electrons. The van der Waals surface area contributed by atoms with E-state index in [2.05, 4.69) is 15.5 Å². The molecule has 0 radical (unpaired) electrons. The van der Waals surface area contributed by atoms with Crippen molar-refractivity contribution in [3.8, 4) is 0 Å². The lowest BCUT2D eigenvalue weighted by molar-refractivity contribution is 0.102. The monoisotopic (exact) mass is 247 g/mol. The maximum Gasteiger partial charge on any atom is 0.258 e. The molecule has 0 unspecified atom stereocenters. The topological polar surface area (TPSA) is 57.8 Å². The number of hydrogen-bond donors (Lipinski definition) is 2. The van der Waals surface area contributed by atoms with Gasteiger partial charge in [-0.15, -0.1) is 0 Å². The molecule has 2 N–H and O–H groups in total. The molecule has 1 aromatic carbocycles. The zero-order valence-electron chi connectivity index (χ0n) is 10.5. The summed E-state index contributed by atoms with van der Waals surface area (Å²) in [6.45, 7) is 5.19. The molecule has 5 heteroatoms. The van der Waals surface area contributed by atoms with E-state index in [1.54, 1.807) is 32.9 Å². The van der Waals surface area contributed by atoms with E-state index in [-0.39, 0.29) is 5.56 Å². The molecular weight excluding hydrogens is 233 g/mol. The number of nitrogens with one attached hydrogen (secondary N) is 2. The summed E-state index contributed by atoms with van der Waals surface area (Å²) >= 11 is 0. The fraction of sp³-hybridized carbons (Fsp3) is 0.231. The number of nitrogens with zero attached hydrogens (tertiary/aromatic N) is 1. The Morgan fingerprint density at radius 3 is 2.67 bits per heavy atom. The van der Waals surface area contributed by atoms with Crippen LogP contribution in [0.25, 0.3) is 0 Å². The number of anilines is 1. The molecule has 0 fully saturated rings. The molecule has 0 aliphatic heterocycles. The number of amides is 1. The molecule has 2 rings (SSSR count). The molecule has 1 aromatic heterocycles. The third-order valence-corrected chi connectivity index (χ3v) is 2.80. The largest absolute Gasteiger partial charge is 0.319 e. The molecule has 0 bridgehead atoms. The Bertz CT molecular complexity index is 585. The van der Waals surface area contributed by atoms with Gasteiger partial charge in [-0.3, -0.25) is 9.89 Å². The van der Waals surface area contributed by atoms with Crippen molar-refractivity contribution < 1.29 is 9.18 Å². The van der Waals surface area contributed by atoms with Crippen molar-refractivity contribution in [1.29, 1.82) is 0 Å². The van der Waals surface area contributed by atoms with Gasteiger partial charge in [0.15, 0.2) is 0 Å². The molecule has 0 aliphatic carbocycles. The number of H-pyrrole nitrogens is 1. The minimum atomic E-state index is -0.492. The van der Waals surface area contributed by atoms with Crippen LogP contribution < -0.4 is 5.32 Å².